The lowest BCUT2D eigenvalue weighted by Gasteiger charge is -2.28. The van der Waals surface area contributed by atoms with E-state index in [1.54, 1.807) is 0 Å². The molecule has 0 heterocycles. The van der Waals surface area contributed by atoms with Crippen LogP contribution in [0.1, 0.15) is 50.5 Å². The van der Waals surface area contributed by atoms with Crippen LogP contribution in [0.2, 0.25) is 0 Å². The highest BCUT2D eigenvalue weighted by atomic mass is 19.2. The van der Waals surface area contributed by atoms with E-state index in [2.05, 4.69) is 6.92 Å². The van der Waals surface area contributed by atoms with Gasteiger partial charge in [-0.2, -0.15) is 0 Å². The van der Waals surface area contributed by atoms with E-state index >= 15 is 0 Å². The van der Waals surface area contributed by atoms with E-state index in [1.165, 1.54) is 36.4 Å². The minimum atomic E-state index is -0.956. The molecule has 4 rings (SSSR count). The third-order valence-corrected chi connectivity index (χ3v) is 6.16. The minimum Gasteiger partial charge on any atom is -0.206 e. The highest BCUT2D eigenvalue weighted by molar-refractivity contribution is 5.88. The van der Waals surface area contributed by atoms with Gasteiger partial charge in [0, 0.05) is 5.39 Å². The number of hydrogen-bond donors (Lipinski definition) is 0. The van der Waals surface area contributed by atoms with Gasteiger partial charge >= 0.3 is 0 Å². The average molecular weight is 386 g/mol. The van der Waals surface area contributed by atoms with E-state index in [0.717, 1.165) is 38.2 Å². The Morgan fingerprint density at radius 3 is 2.11 bits per heavy atom. The smallest absolute Gasteiger partial charge is 0.166 e. The standard InChI is InChI=1S/C24H22F4/c1-2-14-3-5-15(6-4-14)18-12-21(26)23(22(27)13-18)17-7-9-19-16(11-17)8-10-20(25)24(19)28/h7-15H,2-6H2,1H3. The second kappa shape index (κ2) is 7.57. The zero-order chi connectivity index (χ0) is 19.8. The van der Waals surface area contributed by atoms with Gasteiger partial charge in [-0.05, 0) is 78.3 Å². The number of benzene rings is 3. The Balaban J connectivity index is 1.69. The molecule has 0 spiro atoms. The molecule has 3 aromatic carbocycles. The van der Waals surface area contributed by atoms with Crippen LogP contribution in [0.5, 0.6) is 0 Å². The number of halogens is 4. The van der Waals surface area contributed by atoms with Crippen LogP contribution in [0.3, 0.4) is 0 Å². The van der Waals surface area contributed by atoms with Crippen LogP contribution in [0.15, 0.2) is 42.5 Å². The Bertz CT molecular complexity index is 994. The molecule has 0 nitrogen and oxygen atoms in total. The Kier molecular flexibility index (Phi) is 5.13. The summed E-state index contributed by atoms with van der Waals surface area (Å²) in [5, 5.41) is 0.492. The van der Waals surface area contributed by atoms with E-state index < -0.39 is 23.3 Å². The molecule has 0 amide bonds. The first-order valence-corrected chi connectivity index (χ1v) is 9.85. The van der Waals surface area contributed by atoms with Gasteiger partial charge < -0.3 is 0 Å². The second-order valence-corrected chi connectivity index (χ2v) is 7.78. The molecule has 0 saturated heterocycles. The van der Waals surface area contributed by atoms with Gasteiger partial charge in [0.2, 0.25) is 0 Å². The highest BCUT2D eigenvalue weighted by Crippen LogP contribution is 2.39. The largest absolute Gasteiger partial charge is 0.206 e. The van der Waals surface area contributed by atoms with Crippen LogP contribution >= 0.6 is 0 Å². The van der Waals surface area contributed by atoms with Gasteiger partial charge in [-0.3, -0.25) is 0 Å². The van der Waals surface area contributed by atoms with Gasteiger partial charge in [0.1, 0.15) is 11.6 Å². The Morgan fingerprint density at radius 2 is 1.46 bits per heavy atom. The molecule has 1 saturated carbocycles. The molecule has 1 aliphatic rings. The molecule has 0 unspecified atom stereocenters. The van der Waals surface area contributed by atoms with Crippen molar-refractivity contribution in [1.82, 2.24) is 0 Å². The first kappa shape index (κ1) is 19.0. The van der Waals surface area contributed by atoms with Gasteiger partial charge in [-0.15, -0.1) is 0 Å². The molecule has 3 aromatic rings. The molecule has 4 heteroatoms. The zero-order valence-corrected chi connectivity index (χ0v) is 15.7. The van der Waals surface area contributed by atoms with Gasteiger partial charge in [-0.1, -0.05) is 31.5 Å². The summed E-state index contributed by atoms with van der Waals surface area (Å²) < 4.78 is 57.0. The zero-order valence-electron chi connectivity index (χ0n) is 15.7. The third-order valence-electron chi connectivity index (χ3n) is 6.16. The van der Waals surface area contributed by atoms with Gasteiger partial charge in [0.25, 0.3) is 0 Å². The maximum Gasteiger partial charge on any atom is 0.166 e. The van der Waals surface area contributed by atoms with Crippen molar-refractivity contribution in [2.24, 2.45) is 5.92 Å². The third kappa shape index (κ3) is 3.41. The van der Waals surface area contributed by atoms with Gasteiger partial charge in [0.05, 0.1) is 5.56 Å². The fourth-order valence-electron chi connectivity index (χ4n) is 4.43. The van der Waals surface area contributed by atoms with Crippen molar-refractivity contribution in [2.45, 2.75) is 44.9 Å². The normalized spacial score (nSPS) is 19.9. The van der Waals surface area contributed by atoms with E-state index in [1.807, 2.05) is 0 Å². The monoisotopic (exact) mass is 386 g/mol. The minimum absolute atomic E-state index is 0.0915. The summed E-state index contributed by atoms with van der Waals surface area (Å²) >= 11 is 0. The summed E-state index contributed by atoms with van der Waals surface area (Å²) in [6, 6.07) is 9.58. The SMILES string of the molecule is CCC1CCC(c2cc(F)c(-c3ccc4c(F)c(F)ccc4c3)c(F)c2)CC1. The van der Waals surface area contributed by atoms with Crippen LogP contribution in [0, 0.1) is 29.2 Å². The topological polar surface area (TPSA) is 0 Å². The molecular formula is C24H22F4. The summed E-state index contributed by atoms with van der Waals surface area (Å²) in [6.45, 7) is 2.18. The van der Waals surface area contributed by atoms with Gasteiger partial charge in [0.15, 0.2) is 11.6 Å². The summed E-state index contributed by atoms with van der Waals surface area (Å²) in [4.78, 5) is 0. The van der Waals surface area contributed by atoms with Crippen molar-refractivity contribution < 1.29 is 17.6 Å². The fourth-order valence-corrected chi connectivity index (χ4v) is 4.43. The van der Waals surface area contributed by atoms with E-state index in [-0.39, 0.29) is 16.9 Å². The van der Waals surface area contributed by atoms with Crippen LogP contribution < -0.4 is 0 Å². The molecule has 146 valence electrons. The molecule has 0 aromatic heterocycles. The Morgan fingerprint density at radius 1 is 0.786 bits per heavy atom. The van der Waals surface area contributed by atoms with Crippen LogP contribution in [-0.2, 0) is 0 Å². The van der Waals surface area contributed by atoms with Crippen LogP contribution in [0.25, 0.3) is 21.9 Å². The van der Waals surface area contributed by atoms with E-state index in [4.69, 9.17) is 0 Å². The number of rotatable bonds is 3. The first-order chi connectivity index (χ1) is 13.5. The highest BCUT2D eigenvalue weighted by Gasteiger charge is 2.24. The molecule has 1 fully saturated rings. The van der Waals surface area contributed by atoms with Crippen LogP contribution in [-0.4, -0.2) is 0 Å². The van der Waals surface area contributed by atoms with E-state index in [0.29, 0.717) is 22.4 Å². The number of hydrogen-bond acceptors (Lipinski definition) is 0. The molecule has 1 aliphatic carbocycles. The molecule has 0 bridgehead atoms. The summed E-state index contributed by atoms with van der Waals surface area (Å²) in [5.74, 6) is -2.23. The van der Waals surface area contributed by atoms with Crippen molar-refractivity contribution in [2.75, 3.05) is 0 Å². The predicted molar refractivity (Wildman–Crippen MR) is 104 cm³/mol. The van der Waals surface area contributed by atoms with Crippen molar-refractivity contribution in [3.8, 4) is 11.1 Å². The second-order valence-electron chi connectivity index (χ2n) is 7.78. The first-order valence-electron chi connectivity index (χ1n) is 9.85. The summed E-state index contributed by atoms with van der Waals surface area (Å²) in [6.07, 6.45) is 5.26. The van der Waals surface area contributed by atoms with E-state index in [9.17, 15) is 17.6 Å². The van der Waals surface area contributed by atoms with Crippen molar-refractivity contribution in [3.63, 3.8) is 0 Å². The molecule has 0 radical (unpaired) electrons. The summed E-state index contributed by atoms with van der Waals surface area (Å²) in [5.41, 5.74) is 0.898. The Hall–Kier alpha value is -2.36. The maximum atomic E-state index is 14.9. The quantitative estimate of drug-likeness (QED) is 0.404. The Labute approximate surface area is 162 Å². The summed E-state index contributed by atoms with van der Waals surface area (Å²) in [7, 11) is 0. The molecule has 0 N–H and O–H groups in total. The van der Waals surface area contributed by atoms with Gasteiger partial charge in [-0.25, -0.2) is 17.6 Å². The lowest BCUT2D eigenvalue weighted by molar-refractivity contribution is 0.318. The molecule has 0 aliphatic heterocycles. The molecular weight excluding hydrogens is 364 g/mol. The lowest BCUT2D eigenvalue weighted by Crippen LogP contribution is -2.13. The van der Waals surface area contributed by atoms with Crippen molar-refractivity contribution in [1.29, 1.82) is 0 Å². The van der Waals surface area contributed by atoms with Crippen molar-refractivity contribution >= 4 is 10.8 Å². The number of fused-ring (bicyclic) bond motifs is 1. The average Bonchev–Trinajstić information content (AvgIpc) is 2.70. The van der Waals surface area contributed by atoms with Crippen LogP contribution in [0.4, 0.5) is 17.6 Å². The molecule has 0 atom stereocenters. The fraction of sp³-hybridized carbons (Fsp3) is 0.333. The maximum absolute atomic E-state index is 14.9. The lowest BCUT2D eigenvalue weighted by atomic mass is 9.77. The van der Waals surface area contributed by atoms with Crippen molar-refractivity contribution in [3.05, 3.63) is 71.3 Å². The predicted octanol–water partition coefficient (Wildman–Crippen LogP) is 7.75. The molecule has 28 heavy (non-hydrogen) atoms.